The van der Waals surface area contributed by atoms with Gasteiger partial charge in [0, 0.05) is 17.2 Å². The molecule has 0 atom stereocenters. The summed E-state index contributed by atoms with van der Waals surface area (Å²) < 4.78 is 0. The van der Waals surface area contributed by atoms with Crippen molar-refractivity contribution in [3.8, 4) is 0 Å². The van der Waals surface area contributed by atoms with Crippen LogP contribution in [0.1, 0.15) is 32.1 Å². The number of hydrogen-bond donors (Lipinski definition) is 3. The number of amides is 2. The van der Waals surface area contributed by atoms with Gasteiger partial charge in [-0.3, -0.25) is 4.90 Å². The lowest BCUT2D eigenvalue weighted by molar-refractivity contribution is 0.249. The number of nitrogens with zero attached hydrogens (tertiary/aromatic N) is 1. The molecule has 0 spiro atoms. The second-order valence-corrected chi connectivity index (χ2v) is 4.93. The molecular weight excluding hydrogens is 243 g/mol. The molecule has 0 aliphatic heterocycles. The number of urea groups is 1. The van der Waals surface area contributed by atoms with Crippen LogP contribution >= 0.6 is 0 Å². The summed E-state index contributed by atoms with van der Waals surface area (Å²) >= 11 is 0. The average Bonchev–Trinajstić information content (AvgIpc) is 2.40. The third-order valence-corrected chi connectivity index (χ3v) is 3.65. The van der Waals surface area contributed by atoms with Crippen molar-refractivity contribution in [3.05, 3.63) is 24.3 Å². The zero-order valence-electron chi connectivity index (χ0n) is 10.8. The van der Waals surface area contributed by atoms with Gasteiger partial charge >= 0.3 is 13.1 Å². The Morgan fingerprint density at radius 3 is 2.42 bits per heavy atom. The number of primary amides is 1. The molecule has 4 N–H and O–H groups in total. The molecule has 0 heterocycles. The molecule has 1 aromatic carbocycles. The molecule has 0 aromatic heterocycles. The van der Waals surface area contributed by atoms with E-state index in [1.807, 2.05) is 0 Å². The van der Waals surface area contributed by atoms with Crippen LogP contribution in [0, 0.1) is 0 Å². The molecule has 19 heavy (non-hydrogen) atoms. The number of hydrogen-bond acceptors (Lipinski definition) is 3. The average molecular weight is 262 g/mol. The molecule has 1 aromatic rings. The Morgan fingerprint density at radius 2 is 1.84 bits per heavy atom. The van der Waals surface area contributed by atoms with Crippen molar-refractivity contribution in [2.24, 2.45) is 5.73 Å². The Bertz CT molecular complexity index is 447. The molecule has 2 amide bonds. The van der Waals surface area contributed by atoms with Gasteiger partial charge in [-0.25, -0.2) is 4.79 Å². The van der Waals surface area contributed by atoms with Gasteiger partial charge in [-0.1, -0.05) is 37.5 Å². The van der Waals surface area contributed by atoms with Crippen molar-refractivity contribution in [1.82, 2.24) is 0 Å². The highest BCUT2D eigenvalue weighted by molar-refractivity contribution is 6.60. The van der Waals surface area contributed by atoms with E-state index in [-0.39, 0.29) is 6.04 Å². The molecule has 0 saturated heterocycles. The molecule has 1 saturated carbocycles. The summed E-state index contributed by atoms with van der Waals surface area (Å²) in [6, 6.07) is 6.27. The summed E-state index contributed by atoms with van der Waals surface area (Å²) in [6.45, 7) is 0. The Balaban J connectivity index is 2.36. The lowest BCUT2D eigenvalue weighted by Crippen LogP contribution is -2.48. The predicted octanol–water partition coefficient (Wildman–Crippen LogP) is 0.584. The number of anilines is 1. The summed E-state index contributed by atoms with van der Waals surface area (Å²) in [5, 5.41) is 18.8. The fourth-order valence-electron chi connectivity index (χ4n) is 2.76. The summed E-state index contributed by atoms with van der Waals surface area (Å²) in [7, 11) is -1.61. The van der Waals surface area contributed by atoms with Gasteiger partial charge in [0.15, 0.2) is 0 Å². The van der Waals surface area contributed by atoms with Crippen LogP contribution in [0.5, 0.6) is 0 Å². The smallest absolute Gasteiger partial charge is 0.423 e. The van der Waals surface area contributed by atoms with E-state index in [0.29, 0.717) is 11.2 Å². The minimum absolute atomic E-state index is 0.0474. The highest BCUT2D eigenvalue weighted by atomic mass is 16.4. The molecular formula is C13H19BN2O3. The van der Waals surface area contributed by atoms with Gasteiger partial charge in [0.05, 0.1) is 0 Å². The number of nitrogens with two attached hydrogens (primary N) is 1. The van der Waals surface area contributed by atoms with E-state index in [9.17, 15) is 14.8 Å². The molecule has 102 valence electrons. The first kappa shape index (κ1) is 13.9. The van der Waals surface area contributed by atoms with Crippen LogP contribution in [-0.2, 0) is 0 Å². The quantitative estimate of drug-likeness (QED) is 0.696. The van der Waals surface area contributed by atoms with Gasteiger partial charge in [0.25, 0.3) is 0 Å². The van der Waals surface area contributed by atoms with Crippen molar-refractivity contribution in [1.29, 1.82) is 0 Å². The zero-order valence-corrected chi connectivity index (χ0v) is 10.8. The molecule has 0 radical (unpaired) electrons. The van der Waals surface area contributed by atoms with Crippen LogP contribution in [0.2, 0.25) is 0 Å². The number of benzene rings is 1. The summed E-state index contributed by atoms with van der Waals surface area (Å²) in [5.74, 6) is 0. The highest BCUT2D eigenvalue weighted by Gasteiger charge is 2.29. The Morgan fingerprint density at radius 1 is 1.21 bits per heavy atom. The van der Waals surface area contributed by atoms with Crippen LogP contribution in [0.25, 0.3) is 0 Å². The van der Waals surface area contributed by atoms with Gasteiger partial charge in [-0.15, -0.1) is 0 Å². The number of para-hydroxylation sites is 1. The van der Waals surface area contributed by atoms with Gasteiger partial charge in [0.2, 0.25) is 0 Å². The first-order valence-electron chi connectivity index (χ1n) is 6.65. The van der Waals surface area contributed by atoms with Crippen LogP contribution in [0.15, 0.2) is 24.3 Å². The molecule has 6 heteroatoms. The van der Waals surface area contributed by atoms with E-state index in [1.165, 1.54) is 11.3 Å². The Hall–Kier alpha value is -1.53. The normalized spacial score (nSPS) is 16.1. The van der Waals surface area contributed by atoms with E-state index < -0.39 is 13.1 Å². The van der Waals surface area contributed by atoms with Crippen molar-refractivity contribution in [3.63, 3.8) is 0 Å². The lowest BCUT2D eigenvalue weighted by Gasteiger charge is -2.34. The zero-order chi connectivity index (χ0) is 13.8. The topological polar surface area (TPSA) is 86.8 Å². The monoisotopic (exact) mass is 262 g/mol. The van der Waals surface area contributed by atoms with Crippen molar-refractivity contribution in [2.75, 3.05) is 4.90 Å². The van der Waals surface area contributed by atoms with Gasteiger partial charge in [-0.2, -0.15) is 0 Å². The first-order chi connectivity index (χ1) is 9.11. The van der Waals surface area contributed by atoms with Gasteiger partial charge < -0.3 is 15.8 Å². The van der Waals surface area contributed by atoms with Crippen LogP contribution in [0.3, 0.4) is 0 Å². The fraction of sp³-hybridized carbons (Fsp3) is 0.462. The van der Waals surface area contributed by atoms with Crippen molar-refractivity contribution < 1.29 is 14.8 Å². The second-order valence-electron chi connectivity index (χ2n) is 4.93. The SMILES string of the molecule is NC(=O)N(c1ccccc1B(O)O)C1CCCCC1. The maximum atomic E-state index is 11.8. The standard InChI is InChI=1S/C13H19BN2O3/c15-13(17)16(10-6-2-1-3-7-10)12-9-5-4-8-11(12)14(18)19/h4-5,8-10,18-19H,1-3,6-7H2,(H2,15,17). The maximum absolute atomic E-state index is 11.8. The van der Waals surface area contributed by atoms with E-state index in [2.05, 4.69) is 0 Å². The third kappa shape index (κ3) is 3.08. The number of carbonyl (C=O) groups is 1. The van der Waals surface area contributed by atoms with E-state index in [4.69, 9.17) is 5.73 Å². The van der Waals surface area contributed by atoms with Crippen molar-refractivity contribution >= 4 is 24.3 Å². The number of carbonyl (C=O) groups excluding carboxylic acids is 1. The Kier molecular flexibility index (Phi) is 4.45. The summed E-state index contributed by atoms with van der Waals surface area (Å²) in [5.41, 5.74) is 6.30. The molecule has 1 aliphatic carbocycles. The summed E-state index contributed by atoms with van der Waals surface area (Å²) in [6.07, 6.45) is 5.11. The van der Waals surface area contributed by atoms with Crippen LogP contribution in [0.4, 0.5) is 10.5 Å². The van der Waals surface area contributed by atoms with Crippen molar-refractivity contribution in [2.45, 2.75) is 38.1 Å². The highest BCUT2D eigenvalue weighted by Crippen LogP contribution is 2.26. The van der Waals surface area contributed by atoms with E-state index in [0.717, 1.165) is 25.7 Å². The minimum Gasteiger partial charge on any atom is -0.423 e. The van der Waals surface area contributed by atoms with Gasteiger partial charge in [0.1, 0.15) is 0 Å². The van der Waals surface area contributed by atoms with E-state index in [1.54, 1.807) is 24.3 Å². The van der Waals surface area contributed by atoms with Gasteiger partial charge in [-0.05, 0) is 18.9 Å². The first-order valence-corrected chi connectivity index (χ1v) is 6.65. The largest absolute Gasteiger partial charge is 0.490 e. The third-order valence-electron chi connectivity index (χ3n) is 3.65. The summed E-state index contributed by atoms with van der Waals surface area (Å²) in [4.78, 5) is 13.3. The molecule has 1 aliphatic rings. The lowest BCUT2D eigenvalue weighted by atomic mass is 9.78. The molecule has 5 nitrogen and oxygen atoms in total. The van der Waals surface area contributed by atoms with Crippen LogP contribution in [-0.4, -0.2) is 29.2 Å². The van der Waals surface area contributed by atoms with Crippen LogP contribution < -0.4 is 16.1 Å². The second kappa shape index (κ2) is 6.08. The van der Waals surface area contributed by atoms with E-state index >= 15 is 0 Å². The Labute approximate surface area is 113 Å². The molecule has 2 rings (SSSR count). The molecule has 0 bridgehead atoms. The number of rotatable bonds is 3. The minimum atomic E-state index is -1.61. The maximum Gasteiger partial charge on any atom is 0.490 e. The molecule has 1 fully saturated rings. The molecule has 0 unspecified atom stereocenters. The fourth-order valence-corrected chi connectivity index (χ4v) is 2.76. The predicted molar refractivity (Wildman–Crippen MR) is 75.2 cm³/mol.